The summed E-state index contributed by atoms with van der Waals surface area (Å²) in [5, 5.41) is 0. The zero-order chi connectivity index (χ0) is 12.6. The van der Waals surface area contributed by atoms with Gasteiger partial charge >= 0.3 is 0 Å². The number of nitrogens with zero attached hydrogens (tertiary/aromatic N) is 1. The third-order valence-electron chi connectivity index (χ3n) is 1.94. The molecule has 1 aromatic heterocycles. The predicted molar refractivity (Wildman–Crippen MR) is 68.5 cm³/mol. The van der Waals surface area contributed by atoms with Gasteiger partial charge in [-0.2, -0.15) is 0 Å². The highest BCUT2D eigenvalue weighted by molar-refractivity contribution is 5.96. The van der Waals surface area contributed by atoms with E-state index in [9.17, 15) is 4.79 Å². The number of allylic oxidation sites excluding steroid dienone is 1. The lowest BCUT2D eigenvalue weighted by Crippen LogP contribution is -2.04. The van der Waals surface area contributed by atoms with E-state index in [-0.39, 0.29) is 5.78 Å². The number of nitrogen functional groups attached to an aromatic ring is 1. The van der Waals surface area contributed by atoms with Crippen LogP contribution in [0.1, 0.15) is 43.2 Å². The van der Waals surface area contributed by atoms with Gasteiger partial charge in [-0.25, -0.2) is 0 Å². The molecular weight excluding hydrogens is 200 g/mol. The van der Waals surface area contributed by atoms with Gasteiger partial charge in [0.1, 0.15) is 5.69 Å². The van der Waals surface area contributed by atoms with Crippen molar-refractivity contribution in [2.75, 3.05) is 5.73 Å². The Morgan fingerprint density at radius 1 is 1.56 bits per heavy atom. The number of ketones is 1. The lowest BCUT2D eigenvalue weighted by atomic mass is 10.1. The number of aryl methyl sites for hydroxylation is 1. The lowest BCUT2D eigenvalue weighted by molar-refractivity contribution is 0.101. The Kier molecular flexibility index (Phi) is 6.84. The Bertz CT molecular complexity index is 359. The van der Waals surface area contributed by atoms with Crippen LogP contribution in [0.5, 0.6) is 0 Å². The Hall–Kier alpha value is -1.64. The number of hydrogen-bond acceptors (Lipinski definition) is 3. The standard InChI is InChI=1S/C11H14N2O.C2H6/c1-3-4-5-9-6-10(12)11(8(2)14)13-7-9;1-2/h3,6-7H,1,4-5,12H2,2H3;1-2H3. The number of anilines is 1. The maximum atomic E-state index is 11.0. The minimum absolute atomic E-state index is 0.0993. The van der Waals surface area contributed by atoms with Crippen LogP contribution >= 0.6 is 0 Å². The van der Waals surface area contributed by atoms with Crippen molar-refractivity contribution in [2.24, 2.45) is 0 Å². The highest BCUT2D eigenvalue weighted by Gasteiger charge is 2.06. The summed E-state index contributed by atoms with van der Waals surface area (Å²) >= 11 is 0. The molecular formula is C13H20N2O. The molecule has 0 aliphatic rings. The zero-order valence-electron chi connectivity index (χ0n) is 10.3. The molecule has 88 valence electrons. The van der Waals surface area contributed by atoms with Crippen molar-refractivity contribution in [1.82, 2.24) is 4.98 Å². The number of carbonyl (C=O) groups excluding carboxylic acids is 1. The zero-order valence-corrected chi connectivity index (χ0v) is 10.3. The molecule has 0 fully saturated rings. The Labute approximate surface area is 97.4 Å². The molecule has 2 N–H and O–H groups in total. The summed E-state index contributed by atoms with van der Waals surface area (Å²) in [6, 6.07) is 1.80. The third-order valence-corrected chi connectivity index (χ3v) is 1.94. The number of carbonyl (C=O) groups is 1. The SMILES string of the molecule is C=CCCc1cnc(C(C)=O)c(N)c1.CC. The van der Waals surface area contributed by atoms with Crippen LogP contribution in [0.2, 0.25) is 0 Å². The fourth-order valence-corrected chi connectivity index (χ4v) is 1.23. The summed E-state index contributed by atoms with van der Waals surface area (Å²) in [5.41, 5.74) is 7.53. The van der Waals surface area contributed by atoms with Crippen LogP contribution in [0.3, 0.4) is 0 Å². The van der Waals surface area contributed by atoms with Gasteiger partial charge in [0.05, 0.1) is 5.69 Å². The van der Waals surface area contributed by atoms with Crippen molar-refractivity contribution in [2.45, 2.75) is 33.6 Å². The van der Waals surface area contributed by atoms with Crippen molar-refractivity contribution < 1.29 is 4.79 Å². The number of hydrogen-bond donors (Lipinski definition) is 1. The molecule has 16 heavy (non-hydrogen) atoms. The molecule has 0 aliphatic carbocycles. The summed E-state index contributed by atoms with van der Waals surface area (Å²) in [6.45, 7) is 9.10. The first-order valence-electron chi connectivity index (χ1n) is 5.51. The Morgan fingerprint density at radius 3 is 2.62 bits per heavy atom. The van der Waals surface area contributed by atoms with Crippen LogP contribution in [0.25, 0.3) is 0 Å². The molecule has 0 aromatic carbocycles. The predicted octanol–water partition coefficient (Wildman–Crippen LogP) is 3.01. The molecule has 0 radical (unpaired) electrons. The molecule has 1 rings (SSSR count). The molecule has 0 spiro atoms. The summed E-state index contributed by atoms with van der Waals surface area (Å²) in [5.74, 6) is -0.0993. The van der Waals surface area contributed by atoms with E-state index in [1.54, 1.807) is 12.3 Å². The molecule has 0 amide bonds. The van der Waals surface area contributed by atoms with Crippen LogP contribution in [-0.2, 0) is 6.42 Å². The summed E-state index contributed by atoms with van der Waals surface area (Å²) in [7, 11) is 0. The summed E-state index contributed by atoms with van der Waals surface area (Å²) in [6.07, 6.45) is 5.28. The van der Waals surface area contributed by atoms with Crippen molar-refractivity contribution in [1.29, 1.82) is 0 Å². The first-order valence-corrected chi connectivity index (χ1v) is 5.51. The third kappa shape index (κ3) is 4.26. The number of Topliss-reactive ketones (excluding diaryl/α,β-unsaturated/α-hetero) is 1. The number of nitrogens with two attached hydrogens (primary N) is 1. The van der Waals surface area contributed by atoms with E-state index in [0.29, 0.717) is 11.4 Å². The van der Waals surface area contributed by atoms with Gasteiger partial charge in [0.25, 0.3) is 0 Å². The van der Waals surface area contributed by atoms with Gasteiger partial charge in [-0.3, -0.25) is 9.78 Å². The van der Waals surface area contributed by atoms with Gasteiger partial charge in [0, 0.05) is 13.1 Å². The summed E-state index contributed by atoms with van der Waals surface area (Å²) in [4.78, 5) is 15.1. The number of rotatable bonds is 4. The van der Waals surface area contributed by atoms with E-state index in [1.807, 2.05) is 19.9 Å². The molecule has 0 saturated heterocycles. The van der Waals surface area contributed by atoms with Gasteiger partial charge in [0.15, 0.2) is 5.78 Å². The molecule has 0 saturated carbocycles. The Balaban J connectivity index is 0.00000106. The van der Waals surface area contributed by atoms with E-state index in [0.717, 1.165) is 18.4 Å². The molecule has 0 aliphatic heterocycles. The second-order valence-electron chi connectivity index (χ2n) is 3.16. The van der Waals surface area contributed by atoms with Crippen molar-refractivity contribution >= 4 is 11.5 Å². The molecule has 0 unspecified atom stereocenters. The van der Waals surface area contributed by atoms with Crippen LogP contribution < -0.4 is 5.73 Å². The van der Waals surface area contributed by atoms with E-state index >= 15 is 0 Å². The molecule has 3 nitrogen and oxygen atoms in total. The van der Waals surface area contributed by atoms with E-state index in [4.69, 9.17) is 5.73 Å². The number of pyridine rings is 1. The second kappa shape index (κ2) is 7.63. The Morgan fingerprint density at radius 2 is 2.19 bits per heavy atom. The first-order chi connectivity index (χ1) is 7.65. The fraction of sp³-hybridized carbons (Fsp3) is 0.385. The topological polar surface area (TPSA) is 56.0 Å². The van der Waals surface area contributed by atoms with Crippen molar-refractivity contribution in [3.8, 4) is 0 Å². The largest absolute Gasteiger partial charge is 0.397 e. The fourth-order valence-electron chi connectivity index (χ4n) is 1.23. The minimum atomic E-state index is -0.0993. The van der Waals surface area contributed by atoms with Gasteiger partial charge in [-0.1, -0.05) is 19.9 Å². The lowest BCUT2D eigenvalue weighted by Gasteiger charge is -2.03. The molecule has 0 bridgehead atoms. The maximum Gasteiger partial charge on any atom is 0.180 e. The highest BCUT2D eigenvalue weighted by Crippen LogP contribution is 2.12. The number of aromatic nitrogens is 1. The van der Waals surface area contributed by atoms with Crippen LogP contribution in [0.4, 0.5) is 5.69 Å². The van der Waals surface area contributed by atoms with Crippen molar-refractivity contribution in [3.05, 3.63) is 36.2 Å². The van der Waals surface area contributed by atoms with Gasteiger partial charge in [-0.05, 0) is 24.5 Å². The van der Waals surface area contributed by atoms with E-state index in [2.05, 4.69) is 11.6 Å². The molecule has 1 heterocycles. The highest BCUT2D eigenvalue weighted by atomic mass is 16.1. The smallest absolute Gasteiger partial charge is 0.180 e. The van der Waals surface area contributed by atoms with E-state index in [1.165, 1.54) is 6.92 Å². The van der Waals surface area contributed by atoms with E-state index < -0.39 is 0 Å². The van der Waals surface area contributed by atoms with Crippen LogP contribution in [0.15, 0.2) is 24.9 Å². The second-order valence-corrected chi connectivity index (χ2v) is 3.16. The molecule has 0 atom stereocenters. The van der Waals surface area contributed by atoms with Crippen LogP contribution in [0, 0.1) is 0 Å². The molecule has 1 aromatic rings. The van der Waals surface area contributed by atoms with Gasteiger partial charge < -0.3 is 5.73 Å². The maximum absolute atomic E-state index is 11.0. The average molecular weight is 220 g/mol. The minimum Gasteiger partial charge on any atom is -0.397 e. The monoisotopic (exact) mass is 220 g/mol. The normalized spacial score (nSPS) is 8.94. The van der Waals surface area contributed by atoms with Gasteiger partial charge in [0.2, 0.25) is 0 Å². The first kappa shape index (κ1) is 14.4. The van der Waals surface area contributed by atoms with Gasteiger partial charge in [-0.15, -0.1) is 6.58 Å². The average Bonchev–Trinajstić information content (AvgIpc) is 2.28. The van der Waals surface area contributed by atoms with Crippen LogP contribution in [-0.4, -0.2) is 10.8 Å². The quantitative estimate of drug-likeness (QED) is 0.627. The van der Waals surface area contributed by atoms with Crippen molar-refractivity contribution in [3.63, 3.8) is 0 Å². The molecule has 3 heteroatoms. The summed E-state index contributed by atoms with van der Waals surface area (Å²) < 4.78 is 0.